The quantitative estimate of drug-likeness (QED) is 0.458. The van der Waals surface area contributed by atoms with Crippen LogP contribution < -0.4 is 5.32 Å². The SMILES string of the molecule is COCC1=C(C(=O)OC)C(c2cncnc2)C(C(=O)NC(C(C)=O)N2CCC(c3ccc(C)cc3)CC2)C(F)C1F. The number of carbonyl (C=O) groups excluding carboxylic acids is 3. The lowest BCUT2D eigenvalue weighted by Crippen LogP contribution is -2.58. The Morgan fingerprint density at radius 2 is 1.68 bits per heavy atom. The van der Waals surface area contributed by atoms with E-state index in [4.69, 9.17) is 9.47 Å². The number of hydrogen-bond acceptors (Lipinski definition) is 8. The second-order valence-corrected chi connectivity index (χ2v) is 10.6. The molecule has 0 bridgehead atoms. The Labute approximate surface area is 238 Å². The van der Waals surface area contributed by atoms with Crippen molar-refractivity contribution < 1.29 is 32.6 Å². The van der Waals surface area contributed by atoms with E-state index in [0.29, 0.717) is 19.0 Å². The van der Waals surface area contributed by atoms with Gasteiger partial charge in [-0.25, -0.2) is 23.5 Å². The van der Waals surface area contributed by atoms with Gasteiger partial charge in [0, 0.05) is 44.1 Å². The largest absolute Gasteiger partial charge is 0.466 e. The number of carbonyl (C=O) groups is 3. The summed E-state index contributed by atoms with van der Waals surface area (Å²) in [6.45, 7) is 4.06. The van der Waals surface area contributed by atoms with Crippen LogP contribution in [0, 0.1) is 12.8 Å². The van der Waals surface area contributed by atoms with Gasteiger partial charge in [-0.1, -0.05) is 29.8 Å². The fraction of sp³-hybridized carbons (Fsp3) is 0.500. The maximum Gasteiger partial charge on any atom is 0.334 e. The monoisotopic (exact) mass is 570 g/mol. The zero-order valence-corrected chi connectivity index (χ0v) is 23.7. The van der Waals surface area contributed by atoms with Crippen molar-refractivity contribution in [2.24, 2.45) is 5.92 Å². The summed E-state index contributed by atoms with van der Waals surface area (Å²) in [6, 6.07) is 8.35. The molecule has 0 saturated carbocycles. The van der Waals surface area contributed by atoms with E-state index in [2.05, 4.69) is 39.6 Å². The highest BCUT2D eigenvalue weighted by Gasteiger charge is 2.52. The van der Waals surface area contributed by atoms with Gasteiger partial charge >= 0.3 is 5.97 Å². The number of aryl methyl sites for hydroxylation is 1. The van der Waals surface area contributed by atoms with Crippen molar-refractivity contribution in [2.75, 3.05) is 33.9 Å². The van der Waals surface area contributed by atoms with Gasteiger partial charge in [0.25, 0.3) is 0 Å². The summed E-state index contributed by atoms with van der Waals surface area (Å²) >= 11 is 0. The number of ether oxygens (including phenoxy) is 2. The number of ketones is 1. The predicted octanol–water partition coefficient (Wildman–Crippen LogP) is 3.20. The molecule has 1 aliphatic carbocycles. The molecule has 2 aromatic rings. The number of methoxy groups -OCH3 is 2. The average molecular weight is 571 g/mol. The summed E-state index contributed by atoms with van der Waals surface area (Å²) in [5.74, 6) is -4.80. The molecule has 5 unspecified atom stereocenters. The van der Waals surface area contributed by atoms with Crippen molar-refractivity contribution in [1.29, 1.82) is 0 Å². The maximum absolute atomic E-state index is 15.9. The van der Waals surface area contributed by atoms with Crippen molar-refractivity contribution in [1.82, 2.24) is 20.2 Å². The normalized spacial score (nSPS) is 24.5. The first kappa shape index (κ1) is 30.4. The Hall–Kier alpha value is -3.57. The molecule has 0 radical (unpaired) electrons. The van der Waals surface area contributed by atoms with E-state index >= 15 is 8.78 Å². The van der Waals surface area contributed by atoms with Crippen LogP contribution >= 0.6 is 0 Å². The molecule has 5 atom stereocenters. The minimum atomic E-state index is -2.33. The number of nitrogens with zero attached hydrogens (tertiary/aromatic N) is 3. The van der Waals surface area contributed by atoms with Crippen LogP contribution in [0.25, 0.3) is 0 Å². The molecule has 41 heavy (non-hydrogen) atoms. The number of aromatic nitrogens is 2. The minimum absolute atomic E-state index is 0.219. The number of benzene rings is 1. The molecule has 1 aromatic heterocycles. The number of hydrogen-bond donors (Lipinski definition) is 1. The first-order chi connectivity index (χ1) is 19.7. The van der Waals surface area contributed by atoms with Gasteiger partial charge in [0.05, 0.1) is 25.2 Å². The van der Waals surface area contributed by atoms with Crippen molar-refractivity contribution in [3.8, 4) is 0 Å². The molecular weight excluding hydrogens is 534 g/mol. The predicted molar refractivity (Wildman–Crippen MR) is 146 cm³/mol. The van der Waals surface area contributed by atoms with Crippen LogP contribution in [0.1, 0.15) is 48.3 Å². The van der Waals surface area contributed by atoms with Gasteiger partial charge < -0.3 is 14.8 Å². The molecule has 2 heterocycles. The molecule has 11 heteroatoms. The first-order valence-electron chi connectivity index (χ1n) is 13.6. The standard InChI is InChI=1S/C30H36F2N4O5/c1-17-5-7-19(8-6-17)20-9-11-36(12-10-20)28(18(2)37)35-29(38)25-23(21-13-33-16-34-14-21)24(30(39)41-4)22(15-40-3)26(31)27(25)32/h5-8,13-14,16,20,23,25-28H,9-12,15H2,1-4H3,(H,35,38). The number of esters is 1. The van der Waals surface area contributed by atoms with Crippen molar-refractivity contribution in [2.45, 2.75) is 57.0 Å². The van der Waals surface area contributed by atoms with E-state index in [1.807, 2.05) is 11.8 Å². The Morgan fingerprint density at radius 1 is 1.05 bits per heavy atom. The number of likely N-dealkylation sites (tertiary alicyclic amines) is 1. The van der Waals surface area contributed by atoms with Gasteiger partial charge in [0.2, 0.25) is 5.91 Å². The fourth-order valence-electron chi connectivity index (χ4n) is 5.92. The average Bonchev–Trinajstić information content (AvgIpc) is 2.98. The number of amides is 1. The van der Waals surface area contributed by atoms with Crippen molar-refractivity contribution in [3.63, 3.8) is 0 Å². The Balaban J connectivity index is 1.62. The van der Waals surface area contributed by atoms with Crippen LogP contribution in [0.3, 0.4) is 0 Å². The Bertz CT molecular complexity index is 1270. The summed E-state index contributed by atoms with van der Waals surface area (Å²) in [5, 5.41) is 2.68. The number of halogens is 2. The van der Waals surface area contributed by atoms with E-state index in [1.165, 1.54) is 43.9 Å². The number of piperidine rings is 1. The fourth-order valence-corrected chi connectivity index (χ4v) is 5.92. The number of rotatable bonds is 9. The third kappa shape index (κ3) is 6.51. The van der Waals surface area contributed by atoms with Crippen molar-refractivity contribution >= 4 is 17.7 Å². The summed E-state index contributed by atoms with van der Waals surface area (Å²) in [5.41, 5.74) is 2.16. The lowest BCUT2D eigenvalue weighted by Gasteiger charge is -2.40. The number of Topliss-reactive ketones (excluding diaryl/α,β-unsaturated/α-hetero) is 1. The first-order valence-corrected chi connectivity index (χ1v) is 13.6. The molecule has 1 amide bonds. The van der Waals surface area contributed by atoms with Crippen LogP contribution in [0.2, 0.25) is 0 Å². The topological polar surface area (TPSA) is 111 Å². The zero-order chi connectivity index (χ0) is 29.7. The molecule has 1 aliphatic heterocycles. The van der Waals surface area contributed by atoms with E-state index in [0.717, 1.165) is 20.0 Å². The highest BCUT2D eigenvalue weighted by Crippen LogP contribution is 2.45. The highest BCUT2D eigenvalue weighted by molar-refractivity contribution is 5.95. The summed E-state index contributed by atoms with van der Waals surface area (Å²) in [7, 11) is 2.41. The van der Waals surface area contributed by atoms with Crippen LogP contribution in [0.5, 0.6) is 0 Å². The van der Waals surface area contributed by atoms with E-state index < -0.39 is 42.2 Å². The van der Waals surface area contributed by atoms with E-state index in [-0.39, 0.29) is 29.1 Å². The summed E-state index contributed by atoms with van der Waals surface area (Å²) < 4.78 is 41.4. The van der Waals surface area contributed by atoms with Crippen LogP contribution in [-0.4, -0.2) is 85.0 Å². The van der Waals surface area contributed by atoms with Gasteiger partial charge in [-0.3, -0.25) is 14.5 Å². The molecule has 1 fully saturated rings. The molecule has 4 rings (SSSR count). The van der Waals surface area contributed by atoms with Crippen LogP contribution in [0.15, 0.2) is 54.1 Å². The smallest absolute Gasteiger partial charge is 0.334 e. The van der Waals surface area contributed by atoms with Crippen LogP contribution in [-0.2, 0) is 23.9 Å². The third-order valence-corrected chi connectivity index (χ3v) is 8.03. The van der Waals surface area contributed by atoms with E-state index in [1.54, 1.807) is 0 Å². The zero-order valence-electron chi connectivity index (χ0n) is 23.7. The third-order valence-electron chi connectivity index (χ3n) is 8.03. The van der Waals surface area contributed by atoms with Crippen molar-refractivity contribution in [3.05, 3.63) is 70.8 Å². The highest BCUT2D eigenvalue weighted by atomic mass is 19.2. The Kier molecular flexibility index (Phi) is 9.93. The van der Waals surface area contributed by atoms with Crippen LogP contribution in [0.4, 0.5) is 8.78 Å². The minimum Gasteiger partial charge on any atom is -0.466 e. The molecule has 0 spiro atoms. The molecule has 2 aliphatic rings. The number of nitrogens with one attached hydrogen (secondary N) is 1. The molecule has 1 saturated heterocycles. The second kappa shape index (κ2) is 13.4. The van der Waals surface area contributed by atoms with Gasteiger partial charge in [-0.05, 0) is 43.7 Å². The van der Waals surface area contributed by atoms with E-state index in [9.17, 15) is 14.4 Å². The maximum atomic E-state index is 15.9. The Morgan fingerprint density at radius 3 is 2.24 bits per heavy atom. The lowest BCUT2D eigenvalue weighted by molar-refractivity contribution is -0.139. The second-order valence-electron chi connectivity index (χ2n) is 10.6. The molecule has 1 aromatic carbocycles. The molecule has 9 nitrogen and oxygen atoms in total. The molecule has 220 valence electrons. The summed E-state index contributed by atoms with van der Waals surface area (Å²) in [6.07, 6.45) is -0.209. The summed E-state index contributed by atoms with van der Waals surface area (Å²) in [4.78, 5) is 49.3. The molecular formula is C30H36F2N4O5. The lowest BCUT2D eigenvalue weighted by atomic mass is 9.70. The molecule has 1 N–H and O–H groups in total. The number of alkyl halides is 2. The van der Waals surface area contributed by atoms with Gasteiger partial charge in [0.1, 0.15) is 18.7 Å². The van der Waals surface area contributed by atoms with Gasteiger partial charge in [-0.15, -0.1) is 0 Å². The van der Waals surface area contributed by atoms with Gasteiger partial charge in [-0.2, -0.15) is 0 Å². The van der Waals surface area contributed by atoms with Gasteiger partial charge in [0.15, 0.2) is 12.0 Å².